The second kappa shape index (κ2) is 6.74. The number of nitrogens with zero attached hydrogens (tertiary/aromatic N) is 4. The molecular weight excluding hydrogens is 332 g/mol. The molecule has 1 saturated carbocycles. The lowest BCUT2D eigenvalue weighted by atomic mass is 9.87. The molecule has 3 heterocycles. The number of aromatic nitrogens is 2. The summed E-state index contributed by atoms with van der Waals surface area (Å²) in [5.74, 6) is 1.51. The van der Waals surface area contributed by atoms with Gasteiger partial charge in [0, 0.05) is 25.0 Å². The predicted octanol–water partition coefficient (Wildman–Crippen LogP) is 4.54. The van der Waals surface area contributed by atoms with Crippen molar-refractivity contribution in [3.05, 3.63) is 65.7 Å². The molecule has 27 heavy (non-hydrogen) atoms. The molecule has 4 heteroatoms. The van der Waals surface area contributed by atoms with Crippen LogP contribution in [-0.4, -0.2) is 22.5 Å². The van der Waals surface area contributed by atoms with Crippen molar-refractivity contribution in [2.24, 2.45) is 5.92 Å². The van der Waals surface area contributed by atoms with Crippen LogP contribution in [0.3, 0.4) is 0 Å². The quantitative estimate of drug-likeness (QED) is 0.689. The van der Waals surface area contributed by atoms with Gasteiger partial charge in [-0.1, -0.05) is 0 Å². The Morgan fingerprint density at radius 1 is 1.04 bits per heavy atom. The summed E-state index contributed by atoms with van der Waals surface area (Å²) in [5.41, 5.74) is 6.37. The zero-order valence-electron chi connectivity index (χ0n) is 15.5. The number of hydrogen-bond acceptors (Lipinski definition) is 3. The summed E-state index contributed by atoms with van der Waals surface area (Å²) in [7, 11) is 0. The molecule has 3 aromatic rings. The molecule has 0 unspecified atom stereocenters. The molecule has 1 aliphatic heterocycles. The highest BCUT2D eigenvalue weighted by atomic mass is 15.1. The molecule has 1 aliphatic carbocycles. The highest BCUT2D eigenvalue weighted by Crippen LogP contribution is 2.43. The molecule has 136 valence electrons. The van der Waals surface area contributed by atoms with Gasteiger partial charge in [-0.05, 0) is 85.4 Å². The lowest BCUT2D eigenvalue weighted by Crippen LogP contribution is -2.34. The van der Waals surface area contributed by atoms with Crippen LogP contribution in [0.25, 0.3) is 5.52 Å². The molecule has 0 N–H and O–H groups in total. The highest BCUT2D eigenvalue weighted by Gasteiger charge is 2.29. The average molecular weight is 356 g/mol. The molecule has 0 bridgehead atoms. The van der Waals surface area contributed by atoms with Gasteiger partial charge in [0.2, 0.25) is 0 Å². The number of benzene rings is 1. The normalized spacial score (nSPS) is 18.0. The molecule has 2 fully saturated rings. The van der Waals surface area contributed by atoms with Crippen LogP contribution < -0.4 is 4.90 Å². The Bertz CT molecular complexity index is 983. The van der Waals surface area contributed by atoms with E-state index in [1.807, 2.05) is 24.7 Å². The molecule has 0 spiro atoms. The highest BCUT2D eigenvalue weighted by molar-refractivity contribution is 5.58. The van der Waals surface area contributed by atoms with Crippen LogP contribution in [0.15, 0.2) is 49.1 Å². The SMILES string of the molecule is N#Cc1ccc(N2CCC(Cc3c(C4CC4)ccn4cncc34)CC2)cc1. The van der Waals surface area contributed by atoms with Gasteiger partial charge in [0.05, 0.1) is 29.7 Å². The summed E-state index contributed by atoms with van der Waals surface area (Å²) >= 11 is 0. The van der Waals surface area contributed by atoms with Gasteiger partial charge in [-0.15, -0.1) is 0 Å². The van der Waals surface area contributed by atoms with Crippen LogP contribution in [0.2, 0.25) is 0 Å². The maximum atomic E-state index is 8.97. The van der Waals surface area contributed by atoms with Gasteiger partial charge >= 0.3 is 0 Å². The third-order valence-electron chi connectivity index (χ3n) is 6.22. The molecular formula is C23H24N4. The van der Waals surface area contributed by atoms with E-state index in [1.54, 1.807) is 5.56 Å². The lowest BCUT2D eigenvalue weighted by molar-refractivity contribution is 0.403. The van der Waals surface area contributed by atoms with Gasteiger partial charge in [-0.2, -0.15) is 5.26 Å². The van der Waals surface area contributed by atoms with Gasteiger partial charge < -0.3 is 9.30 Å². The largest absolute Gasteiger partial charge is 0.372 e. The Kier molecular flexibility index (Phi) is 4.09. The molecule has 5 rings (SSSR count). The van der Waals surface area contributed by atoms with Gasteiger partial charge in [-0.3, -0.25) is 0 Å². The molecule has 2 aromatic heterocycles. The number of pyridine rings is 1. The van der Waals surface area contributed by atoms with Crippen LogP contribution in [0.5, 0.6) is 0 Å². The smallest absolute Gasteiger partial charge is 0.0992 e. The Labute approximate surface area is 160 Å². The minimum absolute atomic E-state index is 0.732. The average Bonchev–Trinajstić information content (AvgIpc) is 3.45. The van der Waals surface area contributed by atoms with E-state index in [9.17, 15) is 0 Å². The van der Waals surface area contributed by atoms with Crippen LogP contribution in [0.1, 0.15) is 48.3 Å². The molecule has 0 amide bonds. The van der Waals surface area contributed by atoms with Gasteiger partial charge in [0.25, 0.3) is 0 Å². The summed E-state index contributed by atoms with van der Waals surface area (Å²) < 4.78 is 2.17. The summed E-state index contributed by atoms with van der Waals surface area (Å²) in [4.78, 5) is 6.83. The van der Waals surface area contributed by atoms with Crippen molar-refractivity contribution in [1.29, 1.82) is 5.26 Å². The first-order chi connectivity index (χ1) is 13.3. The first kappa shape index (κ1) is 16.4. The maximum absolute atomic E-state index is 8.97. The first-order valence-electron chi connectivity index (χ1n) is 10.0. The van der Waals surface area contributed by atoms with Crippen molar-refractivity contribution in [3.63, 3.8) is 0 Å². The summed E-state index contributed by atoms with van der Waals surface area (Å²) in [6.45, 7) is 2.19. The van der Waals surface area contributed by atoms with Crippen LogP contribution in [0, 0.1) is 17.2 Å². The van der Waals surface area contributed by atoms with Crippen molar-refractivity contribution in [2.75, 3.05) is 18.0 Å². The predicted molar refractivity (Wildman–Crippen MR) is 107 cm³/mol. The van der Waals surface area contributed by atoms with E-state index in [4.69, 9.17) is 5.26 Å². The zero-order valence-corrected chi connectivity index (χ0v) is 15.5. The first-order valence-corrected chi connectivity index (χ1v) is 10.0. The fraction of sp³-hybridized carbons (Fsp3) is 0.391. The number of nitriles is 1. The number of imidazole rings is 1. The van der Waals surface area contributed by atoms with Gasteiger partial charge in [0.15, 0.2) is 0 Å². The maximum Gasteiger partial charge on any atom is 0.0992 e. The minimum Gasteiger partial charge on any atom is -0.372 e. The van der Waals surface area contributed by atoms with Crippen molar-refractivity contribution < 1.29 is 0 Å². The second-order valence-electron chi connectivity index (χ2n) is 8.00. The van der Waals surface area contributed by atoms with E-state index >= 15 is 0 Å². The molecule has 2 aliphatic rings. The molecule has 4 nitrogen and oxygen atoms in total. The summed E-state index contributed by atoms with van der Waals surface area (Å²) in [6, 6.07) is 12.5. The number of anilines is 1. The number of piperidine rings is 1. The van der Waals surface area contributed by atoms with Crippen molar-refractivity contribution in [2.45, 2.75) is 38.0 Å². The van der Waals surface area contributed by atoms with E-state index in [2.05, 4.69) is 44.7 Å². The zero-order chi connectivity index (χ0) is 18.2. The second-order valence-corrected chi connectivity index (χ2v) is 8.00. The monoisotopic (exact) mass is 356 g/mol. The molecule has 0 atom stereocenters. The number of hydrogen-bond donors (Lipinski definition) is 0. The lowest BCUT2D eigenvalue weighted by Gasteiger charge is -2.34. The van der Waals surface area contributed by atoms with Crippen molar-refractivity contribution >= 4 is 11.2 Å². The van der Waals surface area contributed by atoms with E-state index < -0.39 is 0 Å². The minimum atomic E-state index is 0.732. The fourth-order valence-corrected chi connectivity index (χ4v) is 4.50. The van der Waals surface area contributed by atoms with E-state index in [-0.39, 0.29) is 0 Å². The summed E-state index contributed by atoms with van der Waals surface area (Å²) in [6.07, 6.45) is 12.4. The third kappa shape index (κ3) is 3.19. The van der Waals surface area contributed by atoms with Crippen molar-refractivity contribution in [1.82, 2.24) is 9.38 Å². The van der Waals surface area contributed by atoms with E-state index in [0.717, 1.165) is 30.5 Å². The number of rotatable bonds is 4. The van der Waals surface area contributed by atoms with Crippen LogP contribution in [-0.2, 0) is 6.42 Å². The van der Waals surface area contributed by atoms with Crippen LogP contribution in [0.4, 0.5) is 5.69 Å². The fourth-order valence-electron chi connectivity index (χ4n) is 4.50. The van der Waals surface area contributed by atoms with Gasteiger partial charge in [-0.25, -0.2) is 4.98 Å². The Balaban J connectivity index is 1.31. The summed E-state index contributed by atoms with van der Waals surface area (Å²) in [5, 5.41) is 8.97. The van der Waals surface area contributed by atoms with Crippen molar-refractivity contribution in [3.8, 4) is 6.07 Å². The Hall–Kier alpha value is -2.80. The number of fused-ring (bicyclic) bond motifs is 1. The van der Waals surface area contributed by atoms with Gasteiger partial charge in [0.1, 0.15) is 0 Å². The Morgan fingerprint density at radius 2 is 1.81 bits per heavy atom. The van der Waals surface area contributed by atoms with E-state index in [1.165, 1.54) is 48.9 Å². The third-order valence-corrected chi connectivity index (χ3v) is 6.22. The molecule has 1 aromatic carbocycles. The van der Waals surface area contributed by atoms with Crippen LogP contribution >= 0.6 is 0 Å². The topological polar surface area (TPSA) is 44.3 Å². The Morgan fingerprint density at radius 3 is 2.52 bits per heavy atom. The van der Waals surface area contributed by atoms with E-state index in [0.29, 0.717) is 0 Å². The molecule has 0 radical (unpaired) electrons. The molecule has 1 saturated heterocycles. The standard InChI is InChI=1S/C23H24N4/c24-14-18-1-5-20(6-2-18)26-10-7-17(8-11-26)13-22-21(19-3-4-19)9-12-27-16-25-15-23(22)27/h1-2,5-6,9,12,15-17,19H,3-4,7-8,10-11,13H2.